The van der Waals surface area contributed by atoms with E-state index in [1.54, 1.807) is 48.5 Å². The van der Waals surface area contributed by atoms with Crippen molar-refractivity contribution < 1.29 is 13.2 Å². The van der Waals surface area contributed by atoms with Crippen LogP contribution in [0.25, 0.3) is 0 Å². The van der Waals surface area contributed by atoms with Crippen molar-refractivity contribution in [2.45, 2.75) is 18.4 Å². The number of benzene rings is 1. The summed E-state index contributed by atoms with van der Waals surface area (Å²) in [4.78, 5) is 17.0. The largest absolute Gasteiger partial charge is 0.357 e. The van der Waals surface area contributed by atoms with Gasteiger partial charge in [-0.05, 0) is 36.2 Å². The zero-order chi connectivity index (χ0) is 15.6. The summed E-state index contributed by atoms with van der Waals surface area (Å²) in [6, 6.07) is 8.36. The van der Waals surface area contributed by atoms with Crippen LogP contribution >= 0.6 is 0 Å². The third-order valence-corrected chi connectivity index (χ3v) is 4.30. The smallest absolute Gasteiger partial charge is 0.270 e. The summed E-state index contributed by atoms with van der Waals surface area (Å²) in [7, 11) is -1.48. The molecule has 0 fully saturated rings. The fraction of sp³-hybridized carbons (Fsp3) is 0.267. The summed E-state index contributed by atoms with van der Waals surface area (Å²) < 4.78 is 22.8. The number of amides is 1. The molecule has 2 rings (SSSR count). The number of nitrogens with zero attached hydrogens (tertiary/aromatic N) is 1. The van der Waals surface area contributed by atoms with Gasteiger partial charge in [0.1, 0.15) is 5.69 Å². The number of H-pyrrole nitrogens is 1. The predicted molar refractivity (Wildman–Crippen MR) is 80.9 cm³/mol. The third kappa shape index (κ3) is 3.72. The molecule has 0 saturated heterocycles. The predicted octanol–water partition coefficient (Wildman–Crippen LogP) is 2.00. The molecule has 5 nitrogen and oxygen atoms in total. The summed E-state index contributed by atoms with van der Waals surface area (Å²) >= 11 is 0. The van der Waals surface area contributed by atoms with Crippen molar-refractivity contribution >= 4 is 15.7 Å². The zero-order valence-electron chi connectivity index (χ0n) is 12.3. The molecule has 1 aromatic carbocycles. The van der Waals surface area contributed by atoms with E-state index < -0.39 is 9.84 Å². The van der Waals surface area contributed by atoms with Gasteiger partial charge >= 0.3 is 0 Å². The maximum atomic E-state index is 12.2. The van der Waals surface area contributed by atoms with Gasteiger partial charge in [-0.3, -0.25) is 4.79 Å². The number of sulfone groups is 1. The van der Waals surface area contributed by atoms with Crippen molar-refractivity contribution in [3.63, 3.8) is 0 Å². The number of carbonyl (C=O) groups excluding carboxylic acids is 1. The van der Waals surface area contributed by atoms with Crippen molar-refractivity contribution in [1.29, 1.82) is 0 Å². The minimum Gasteiger partial charge on any atom is -0.357 e. The summed E-state index contributed by atoms with van der Waals surface area (Å²) in [5, 5.41) is 0. The lowest BCUT2D eigenvalue weighted by Gasteiger charge is -2.16. The van der Waals surface area contributed by atoms with Crippen molar-refractivity contribution in [3.05, 3.63) is 53.3 Å². The van der Waals surface area contributed by atoms with Crippen molar-refractivity contribution in [3.8, 4) is 0 Å². The van der Waals surface area contributed by atoms with Gasteiger partial charge in [0.05, 0.1) is 4.90 Å². The Morgan fingerprint density at radius 3 is 2.33 bits per heavy atom. The van der Waals surface area contributed by atoms with Crippen LogP contribution in [-0.4, -0.2) is 37.5 Å². The van der Waals surface area contributed by atoms with E-state index in [0.29, 0.717) is 12.2 Å². The zero-order valence-corrected chi connectivity index (χ0v) is 13.1. The molecule has 0 atom stereocenters. The van der Waals surface area contributed by atoms with Gasteiger partial charge in [-0.2, -0.15) is 0 Å². The molecule has 1 N–H and O–H groups in total. The van der Waals surface area contributed by atoms with Gasteiger partial charge < -0.3 is 9.88 Å². The molecule has 1 aromatic heterocycles. The maximum Gasteiger partial charge on any atom is 0.270 e. The Hall–Kier alpha value is -2.08. The van der Waals surface area contributed by atoms with Crippen molar-refractivity contribution in [1.82, 2.24) is 9.88 Å². The fourth-order valence-electron chi connectivity index (χ4n) is 2.02. The Balaban J connectivity index is 2.09. The molecule has 0 aliphatic rings. The van der Waals surface area contributed by atoms with Crippen molar-refractivity contribution in [2.75, 3.05) is 13.3 Å². The first-order valence-corrected chi connectivity index (χ1v) is 8.36. The molecule has 2 aromatic rings. The van der Waals surface area contributed by atoms with E-state index in [-0.39, 0.29) is 10.8 Å². The second kappa shape index (κ2) is 5.73. The number of hydrogen-bond donors (Lipinski definition) is 1. The van der Waals surface area contributed by atoms with Crippen LogP contribution in [0.5, 0.6) is 0 Å². The summed E-state index contributed by atoms with van der Waals surface area (Å²) in [5.74, 6) is -0.102. The molecular weight excluding hydrogens is 288 g/mol. The molecule has 6 heteroatoms. The minimum absolute atomic E-state index is 0.102. The SMILES string of the molecule is Cc1c[nH]c(C(=O)N(C)Cc2ccc(S(C)(=O)=O)cc2)c1. The first kappa shape index (κ1) is 15.3. The van der Waals surface area contributed by atoms with E-state index >= 15 is 0 Å². The van der Waals surface area contributed by atoms with Gasteiger partial charge in [-0.1, -0.05) is 12.1 Å². The van der Waals surface area contributed by atoms with Crippen LogP contribution in [0, 0.1) is 6.92 Å². The van der Waals surface area contributed by atoms with E-state index in [4.69, 9.17) is 0 Å². The van der Waals surface area contributed by atoms with E-state index in [1.165, 1.54) is 6.26 Å². The normalized spacial score (nSPS) is 11.4. The number of aromatic nitrogens is 1. The first-order chi connectivity index (χ1) is 9.77. The lowest BCUT2D eigenvalue weighted by atomic mass is 10.2. The highest BCUT2D eigenvalue weighted by Crippen LogP contribution is 2.13. The van der Waals surface area contributed by atoms with Crippen LogP contribution in [0.2, 0.25) is 0 Å². The molecule has 0 radical (unpaired) electrons. The number of carbonyl (C=O) groups is 1. The van der Waals surface area contributed by atoms with Crippen LogP contribution in [-0.2, 0) is 16.4 Å². The van der Waals surface area contributed by atoms with Gasteiger partial charge in [0.15, 0.2) is 9.84 Å². The van der Waals surface area contributed by atoms with E-state index in [2.05, 4.69) is 4.98 Å². The molecule has 1 amide bonds. The lowest BCUT2D eigenvalue weighted by Crippen LogP contribution is -2.26. The van der Waals surface area contributed by atoms with Crippen LogP contribution in [0.15, 0.2) is 41.4 Å². The number of aromatic amines is 1. The highest BCUT2D eigenvalue weighted by molar-refractivity contribution is 7.90. The summed E-state index contributed by atoms with van der Waals surface area (Å²) in [6.45, 7) is 2.33. The Bertz CT molecular complexity index is 745. The van der Waals surface area contributed by atoms with Crippen LogP contribution in [0.4, 0.5) is 0 Å². The third-order valence-electron chi connectivity index (χ3n) is 3.18. The van der Waals surface area contributed by atoms with E-state index in [9.17, 15) is 13.2 Å². The maximum absolute atomic E-state index is 12.2. The standard InChI is InChI=1S/C15H18N2O3S/c1-11-8-14(16-9-11)15(18)17(2)10-12-4-6-13(7-5-12)21(3,19)20/h4-9,16H,10H2,1-3H3. The molecule has 112 valence electrons. The molecule has 21 heavy (non-hydrogen) atoms. The molecular formula is C15H18N2O3S. The van der Waals surface area contributed by atoms with Gasteiger partial charge in [-0.25, -0.2) is 8.42 Å². The highest BCUT2D eigenvalue weighted by Gasteiger charge is 2.14. The van der Waals surface area contributed by atoms with Gasteiger partial charge in [0, 0.05) is 26.0 Å². The lowest BCUT2D eigenvalue weighted by molar-refractivity contribution is 0.0780. The van der Waals surface area contributed by atoms with E-state index in [0.717, 1.165) is 11.1 Å². The second-order valence-electron chi connectivity index (χ2n) is 5.17. The summed E-state index contributed by atoms with van der Waals surface area (Å²) in [6.07, 6.45) is 2.95. The minimum atomic E-state index is -3.19. The number of hydrogen-bond acceptors (Lipinski definition) is 3. The molecule has 0 bridgehead atoms. The molecule has 0 saturated carbocycles. The Labute approximate surface area is 124 Å². The van der Waals surface area contributed by atoms with Crippen LogP contribution < -0.4 is 0 Å². The summed E-state index contributed by atoms with van der Waals surface area (Å²) in [5.41, 5.74) is 2.42. The number of aryl methyl sites for hydroxylation is 1. The van der Waals surface area contributed by atoms with Gasteiger partial charge in [0.2, 0.25) is 0 Å². The Kier molecular flexibility index (Phi) is 4.18. The molecule has 0 spiro atoms. The van der Waals surface area contributed by atoms with Crippen molar-refractivity contribution in [2.24, 2.45) is 0 Å². The monoisotopic (exact) mass is 306 g/mol. The number of rotatable bonds is 4. The first-order valence-electron chi connectivity index (χ1n) is 6.47. The van der Waals surface area contributed by atoms with Gasteiger partial charge in [-0.15, -0.1) is 0 Å². The van der Waals surface area contributed by atoms with Crippen LogP contribution in [0.3, 0.4) is 0 Å². The van der Waals surface area contributed by atoms with Gasteiger partial charge in [0.25, 0.3) is 5.91 Å². The Morgan fingerprint density at radius 1 is 1.24 bits per heavy atom. The Morgan fingerprint density at radius 2 is 1.86 bits per heavy atom. The van der Waals surface area contributed by atoms with E-state index in [1.807, 2.05) is 6.92 Å². The quantitative estimate of drug-likeness (QED) is 0.939. The second-order valence-corrected chi connectivity index (χ2v) is 7.18. The molecule has 0 unspecified atom stereocenters. The molecule has 1 heterocycles. The number of nitrogens with one attached hydrogen (secondary N) is 1. The fourth-order valence-corrected chi connectivity index (χ4v) is 2.65. The average molecular weight is 306 g/mol. The molecule has 0 aliphatic carbocycles. The molecule has 0 aliphatic heterocycles. The average Bonchev–Trinajstić information content (AvgIpc) is 2.84. The highest BCUT2D eigenvalue weighted by atomic mass is 32.2. The van der Waals surface area contributed by atoms with Crippen LogP contribution in [0.1, 0.15) is 21.6 Å². The topological polar surface area (TPSA) is 70.2 Å².